The molecule has 18 heavy (non-hydrogen) atoms. The van der Waals surface area contributed by atoms with Crippen molar-refractivity contribution in [2.24, 2.45) is 0 Å². The fourth-order valence-electron chi connectivity index (χ4n) is 3.29. The summed E-state index contributed by atoms with van der Waals surface area (Å²) in [4.78, 5) is 2.50. The van der Waals surface area contributed by atoms with Crippen LogP contribution in [0.25, 0.3) is 0 Å². The summed E-state index contributed by atoms with van der Waals surface area (Å²) in [5, 5.41) is 3.42. The molecule has 1 unspecified atom stereocenters. The Morgan fingerprint density at radius 3 is 2.72 bits per heavy atom. The second-order valence-electron chi connectivity index (χ2n) is 6.05. The van der Waals surface area contributed by atoms with Crippen molar-refractivity contribution >= 4 is 0 Å². The highest BCUT2D eigenvalue weighted by Gasteiger charge is 2.37. The maximum absolute atomic E-state index is 6.26. The van der Waals surface area contributed by atoms with Crippen molar-refractivity contribution in [3.63, 3.8) is 0 Å². The largest absolute Gasteiger partial charge is 0.375 e. The average molecular weight is 254 g/mol. The standard InChI is InChI=1S/C15H30N2O/c1-3-16-11-10-15(8-5-9-15)18-13-7-14-6-4-12-17(14)2/h14,16H,3-13H2,1-2H3. The molecule has 1 heterocycles. The van der Waals surface area contributed by atoms with E-state index in [0.717, 1.165) is 25.7 Å². The summed E-state index contributed by atoms with van der Waals surface area (Å²) in [6, 6.07) is 0.774. The first-order valence-corrected chi connectivity index (χ1v) is 7.81. The molecule has 106 valence electrons. The minimum absolute atomic E-state index is 0.235. The van der Waals surface area contributed by atoms with Crippen molar-refractivity contribution in [2.45, 2.75) is 63.5 Å². The van der Waals surface area contributed by atoms with Crippen LogP contribution >= 0.6 is 0 Å². The smallest absolute Gasteiger partial charge is 0.0694 e. The molecule has 3 heteroatoms. The summed E-state index contributed by atoms with van der Waals surface area (Å²) in [6.07, 6.45) is 9.06. The Morgan fingerprint density at radius 2 is 2.17 bits per heavy atom. The highest BCUT2D eigenvalue weighted by atomic mass is 16.5. The van der Waals surface area contributed by atoms with E-state index in [9.17, 15) is 0 Å². The molecule has 1 saturated carbocycles. The summed E-state index contributed by atoms with van der Waals surface area (Å²) in [5.41, 5.74) is 0.235. The van der Waals surface area contributed by atoms with Crippen LogP contribution in [0, 0.1) is 0 Å². The van der Waals surface area contributed by atoms with Gasteiger partial charge in [-0.05, 0) is 71.6 Å². The molecular weight excluding hydrogens is 224 g/mol. The molecule has 2 aliphatic rings. The first kappa shape index (κ1) is 14.3. The molecule has 1 N–H and O–H groups in total. The minimum atomic E-state index is 0.235. The topological polar surface area (TPSA) is 24.5 Å². The molecule has 0 bridgehead atoms. The lowest BCUT2D eigenvalue weighted by atomic mass is 9.77. The third kappa shape index (κ3) is 3.69. The van der Waals surface area contributed by atoms with Crippen molar-refractivity contribution in [1.82, 2.24) is 10.2 Å². The second-order valence-corrected chi connectivity index (χ2v) is 6.05. The molecule has 1 aliphatic heterocycles. The Kier molecular flexibility index (Phi) is 5.46. The van der Waals surface area contributed by atoms with E-state index in [0.29, 0.717) is 0 Å². The van der Waals surface area contributed by atoms with Crippen molar-refractivity contribution in [3.05, 3.63) is 0 Å². The third-order valence-electron chi connectivity index (χ3n) is 4.80. The first-order chi connectivity index (χ1) is 8.76. The summed E-state index contributed by atoms with van der Waals surface area (Å²) in [7, 11) is 2.25. The number of nitrogens with zero attached hydrogens (tertiary/aromatic N) is 1. The van der Waals surface area contributed by atoms with Crippen LogP contribution in [-0.2, 0) is 4.74 Å². The van der Waals surface area contributed by atoms with Gasteiger partial charge in [-0.25, -0.2) is 0 Å². The quantitative estimate of drug-likeness (QED) is 0.673. The number of nitrogens with one attached hydrogen (secondary N) is 1. The third-order valence-corrected chi connectivity index (χ3v) is 4.80. The van der Waals surface area contributed by atoms with Crippen LogP contribution in [-0.4, -0.2) is 49.8 Å². The molecule has 0 aromatic heterocycles. The van der Waals surface area contributed by atoms with Crippen LogP contribution in [0.3, 0.4) is 0 Å². The molecule has 0 radical (unpaired) electrons. The molecule has 0 amide bonds. The lowest BCUT2D eigenvalue weighted by Crippen LogP contribution is -2.43. The molecule has 2 fully saturated rings. The molecule has 1 saturated heterocycles. The molecule has 0 aromatic rings. The van der Waals surface area contributed by atoms with Crippen molar-refractivity contribution in [2.75, 3.05) is 33.3 Å². The van der Waals surface area contributed by atoms with Gasteiger partial charge in [0.2, 0.25) is 0 Å². The van der Waals surface area contributed by atoms with Gasteiger partial charge in [-0.3, -0.25) is 0 Å². The zero-order valence-electron chi connectivity index (χ0n) is 12.2. The van der Waals surface area contributed by atoms with E-state index in [2.05, 4.69) is 24.2 Å². The van der Waals surface area contributed by atoms with Gasteiger partial charge in [0.1, 0.15) is 0 Å². The van der Waals surface area contributed by atoms with E-state index in [1.54, 1.807) is 0 Å². The van der Waals surface area contributed by atoms with Crippen molar-refractivity contribution in [1.29, 1.82) is 0 Å². The summed E-state index contributed by atoms with van der Waals surface area (Å²) >= 11 is 0. The maximum atomic E-state index is 6.26. The highest BCUT2D eigenvalue weighted by molar-refractivity contribution is 4.90. The van der Waals surface area contributed by atoms with Gasteiger partial charge in [0, 0.05) is 12.6 Å². The monoisotopic (exact) mass is 254 g/mol. The Morgan fingerprint density at radius 1 is 1.33 bits per heavy atom. The zero-order chi connectivity index (χ0) is 12.8. The Labute approximate surface area is 112 Å². The van der Waals surface area contributed by atoms with Crippen LogP contribution in [0.15, 0.2) is 0 Å². The Balaban J connectivity index is 1.64. The lowest BCUT2D eigenvalue weighted by Gasteiger charge is -2.42. The van der Waals surface area contributed by atoms with E-state index < -0.39 is 0 Å². The zero-order valence-corrected chi connectivity index (χ0v) is 12.2. The van der Waals surface area contributed by atoms with E-state index in [4.69, 9.17) is 4.74 Å². The molecular formula is C15H30N2O. The summed E-state index contributed by atoms with van der Waals surface area (Å²) < 4.78 is 6.26. The van der Waals surface area contributed by atoms with Gasteiger partial charge in [-0.2, -0.15) is 0 Å². The van der Waals surface area contributed by atoms with Crippen LogP contribution < -0.4 is 5.32 Å². The SMILES string of the molecule is CCNCCC1(OCCC2CCCN2C)CCC1. The van der Waals surface area contributed by atoms with Crippen LogP contribution in [0.2, 0.25) is 0 Å². The van der Waals surface area contributed by atoms with Gasteiger partial charge < -0.3 is 15.0 Å². The minimum Gasteiger partial charge on any atom is -0.375 e. The van der Waals surface area contributed by atoms with Crippen LogP contribution in [0.5, 0.6) is 0 Å². The number of ether oxygens (including phenoxy) is 1. The van der Waals surface area contributed by atoms with Gasteiger partial charge in [0.15, 0.2) is 0 Å². The maximum Gasteiger partial charge on any atom is 0.0694 e. The molecule has 0 aromatic carbocycles. The molecule has 1 atom stereocenters. The summed E-state index contributed by atoms with van der Waals surface area (Å²) in [5.74, 6) is 0. The fraction of sp³-hybridized carbons (Fsp3) is 1.00. The van der Waals surface area contributed by atoms with E-state index in [1.165, 1.54) is 51.5 Å². The second kappa shape index (κ2) is 6.88. The first-order valence-electron chi connectivity index (χ1n) is 7.81. The molecule has 1 aliphatic carbocycles. The number of hydrogen-bond donors (Lipinski definition) is 1. The van der Waals surface area contributed by atoms with Gasteiger partial charge in [-0.1, -0.05) is 6.92 Å². The normalized spacial score (nSPS) is 27.3. The van der Waals surface area contributed by atoms with Gasteiger partial charge in [0.05, 0.1) is 5.60 Å². The Hall–Kier alpha value is -0.120. The van der Waals surface area contributed by atoms with Crippen molar-refractivity contribution < 1.29 is 4.74 Å². The van der Waals surface area contributed by atoms with E-state index in [1.807, 2.05) is 0 Å². The number of hydrogen-bond acceptors (Lipinski definition) is 3. The lowest BCUT2D eigenvalue weighted by molar-refractivity contribution is -0.107. The predicted octanol–water partition coefficient (Wildman–Crippen LogP) is 2.41. The number of likely N-dealkylation sites (tertiary alicyclic amines) is 1. The van der Waals surface area contributed by atoms with Gasteiger partial charge in [-0.15, -0.1) is 0 Å². The fourth-order valence-corrected chi connectivity index (χ4v) is 3.29. The van der Waals surface area contributed by atoms with Gasteiger partial charge in [0.25, 0.3) is 0 Å². The highest BCUT2D eigenvalue weighted by Crippen LogP contribution is 2.38. The predicted molar refractivity (Wildman–Crippen MR) is 76.0 cm³/mol. The van der Waals surface area contributed by atoms with E-state index in [-0.39, 0.29) is 5.60 Å². The Bertz CT molecular complexity index is 241. The molecule has 0 spiro atoms. The van der Waals surface area contributed by atoms with Crippen molar-refractivity contribution in [3.8, 4) is 0 Å². The molecule has 2 rings (SSSR count). The summed E-state index contributed by atoms with van der Waals surface area (Å²) in [6.45, 7) is 6.59. The van der Waals surface area contributed by atoms with E-state index >= 15 is 0 Å². The average Bonchev–Trinajstić information content (AvgIpc) is 2.71. The molecule has 3 nitrogen and oxygen atoms in total. The van der Waals surface area contributed by atoms with Crippen LogP contribution in [0.1, 0.15) is 51.9 Å². The van der Waals surface area contributed by atoms with Crippen LogP contribution in [0.4, 0.5) is 0 Å². The van der Waals surface area contributed by atoms with Gasteiger partial charge >= 0.3 is 0 Å². The number of rotatable bonds is 8.